The molecule has 0 radical (unpaired) electrons. The van der Waals surface area contributed by atoms with Crippen molar-refractivity contribution >= 4 is 78.5 Å². The second kappa shape index (κ2) is 44.5. The van der Waals surface area contributed by atoms with Crippen LogP contribution in [0.25, 0.3) is 43.1 Å². The van der Waals surface area contributed by atoms with E-state index in [-0.39, 0.29) is 13.1 Å². The van der Waals surface area contributed by atoms with Gasteiger partial charge < -0.3 is 29.6 Å². The minimum absolute atomic E-state index is 0.128. The molecule has 14 nitrogen and oxygen atoms in total. The lowest BCUT2D eigenvalue weighted by molar-refractivity contribution is -0.125. The van der Waals surface area contributed by atoms with Gasteiger partial charge in [-0.15, -0.1) is 0 Å². The van der Waals surface area contributed by atoms with Gasteiger partial charge in [0.25, 0.3) is 23.6 Å². The molecule has 0 saturated carbocycles. The van der Waals surface area contributed by atoms with Crippen LogP contribution >= 0.6 is 0 Å². The summed E-state index contributed by atoms with van der Waals surface area (Å²) >= 11 is 0. The van der Waals surface area contributed by atoms with Crippen molar-refractivity contribution in [2.75, 3.05) is 26.4 Å². The topological polar surface area (TPSA) is 170 Å². The number of carbonyl (C=O) groups excluding carboxylic acids is 6. The van der Waals surface area contributed by atoms with Gasteiger partial charge in [-0.25, -0.2) is 0 Å². The SMILES string of the molecule is CCCCCCCCCCCCOc1cc(CNC(=O)C(C)N2C(=O)c3ccc4c5ccc6c7c(ccc(c8ccc(c3c48)C2=O)c75)C(=O)N(C(C)C(=O)NCc2cc(OCCCCCCCCCCCC)cc(OCCCCCCCCCCCC)c2)C6=O)cc(OCCCCCCCCCCCC)c1. The van der Waals surface area contributed by atoms with Crippen molar-refractivity contribution in [2.45, 2.75) is 324 Å². The van der Waals surface area contributed by atoms with Crippen molar-refractivity contribution in [1.29, 1.82) is 0 Å². The van der Waals surface area contributed by atoms with Crippen LogP contribution in [0.1, 0.15) is 351 Å². The number of imide groups is 2. The molecule has 2 unspecified atom stereocenters. The number of unbranched alkanes of at least 4 members (excludes halogenated alkanes) is 36. The second-order valence-corrected chi connectivity index (χ2v) is 30.6. The maximum atomic E-state index is 14.8. The molecule has 2 heterocycles. The van der Waals surface area contributed by atoms with E-state index in [9.17, 15) is 28.8 Å². The minimum atomic E-state index is -1.16. The van der Waals surface area contributed by atoms with Crippen LogP contribution in [0.2, 0.25) is 0 Å². The number of carbonyl (C=O) groups is 6. The summed E-state index contributed by atoms with van der Waals surface area (Å²) in [6.45, 7) is 14.8. The van der Waals surface area contributed by atoms with Crippen molar-refractivity contribution in [1.82, 2.24) is 20.4 Å². The Morgan fingerprint density at radius 2 is 0.500 bits per heavy atom. The number of rotatable bonds is 56. The summed E-state index contributed by atoms with van der Waals surface area (Å²) in [5, 5.41) is 11.4. The molecule has 0 saturated heterocycles. The summed E-state index contributed by atoms with van der Waals surface area (Å²) in [5.41, 5.74) is 2.74. The molecule has 2 aliphatic heterocycles. The standard InChI is InChI=1S/C92H128N4O10/c1-7-11-15-19-23-27-31-35-39-43-55-103-71-59-69(60-72(63-71)104-56-44-40-36-32-28-24-20-16-12-8-2)65-93-87(97)67(5)95-89(99)79-51-47-75-77-49-53-81-86-82(54-50-78(84(77)86)76-48-52-80(90(95)100)85(79)83(75)76)92(102)96(91(81)101)68(6)88(98)94-66-70-61-73(105-57-45-41-37-33-29-25-21-17-13-9-3)64-74(62-70)106-58-46-42-38-34-30-26-22-18-14-10-4/h47-54,59-64,67-68H,7-46,55-58,65-66H2,1-6H3,(H,93,97)(H,94,98). The first-order valence-corrected chi connectivity index (χ1v) is 42.2. The highest BCUT2D eigenvalue weighted by atomic mass is 16.5. The lowest BCUT2D eigenvalue weighted by Crippen LogP contribution is -2.52. The highest BCUT2D eigenvalue weighted by molar-refractivity contribution is 6.41. The van der Waals surface area contributed by atoms with Gasteiger partial charge in [-0.2, -0.15) is 0 Å². The number of hydrogen-bond donors (Lipinski definition) is 2. The van der Waals surface area contributed by atoms with Crippen LogP contribution in [0.3, 0.4) is 0 Å². The summed E-state index contributed by atoms with van der Waals surface area (Å²) in [5.74, 6) is -0.567. The molecule has 2 N–H and O–H groups in total. The summed E-state index contributed by atoms with van der Waals surface area (Å²) in [4.78, 5) is 90.1. The first-order chi connectivity index (χ1) is 51.9. The molecule has 0 bridgehead atoms. The molecule has 2 aliphatic rings. The van der Waals surface area contributed by atoms with Crippen LogP contribution in [0.15, 0.2) is 84.9 Å². The Morgan fingerprint density at radius 3 is 0.717 bits per heavy atom. The third-order valence-electron chi connectivity index (χ3n) is 22.1. The van der Waals surface area contributed by atoms with E-state index in [1.807, 2.05) is 60.7 Å². The van der Waals surface area contributed by atoms with Gasteiger partial charge in [0.15, 0.2) is 0 Å². The van der Waals surface area contributed by atoms with Crippen LogP contribution in [0, 0.1) is 0 Å². The van der Waals surface area contributed by atoms with Gasteiger partial charge >= 0.3 is 0 Å². The Bertz CT molecular complexity index is 3470. The molecule has 14 heteroatoms. The Kier molecular flexibility index (Phi) is 34.6. The van der Waals surface area contributed by atoms with E-state index in [4.69, 9.17) is 18.9 Å². The fraction of sp³-hybridized carbons (Fsp3) is 0.587. The lowest BCUT2D eigenvalue weighted by atomic mass is 9.82. The van der Waals surface area contributed by atoms with Crippen molar-refractivity contribution in [3.63, 3.8) is 0 Å². The third kappa shape index (κ3) is 23.1. The molecule has 106 heavy (non-hydrogen) atoms. The van der Waals surface area contributed by atoms with Gasteiger partial charge in [-0.1, -0.05) is 283 Å². The van der Waals surface area contributed by atoms with Crippen LogP contribution in [0.4, 0.5) is 0 Å². The Hall–Kier alpha value is -7.74. The van der Waals surface area contributed by atoms with Gasteiger partial charge in [0.05, 0.1) is 26.4 Å². The van der Waals surface area contributed by atoms with Gasteiger partial charge in [0.1, 0.15) is 35.1 Å². The average Bonchev–Trinajstić information content (AvgIpc) is 0.690. The molecule has 0 aliphatic carbocycles. The van der Waals surface area contributed by atoms with Crippen molar-refractivity contribution in [3.8, 4) is 23.0 Å². The highest BCUT2D eigenvalue weighted by Gasteiger charge is 2.42. The normalized spacial score (nSPS) is 13.5. The van der Waals surface area contributed by atoms with Crippen LogP contribution in [-0.2, 0) is 22.7 Å². The molecule has 6 amide bonds. The fourth-order valence-electron chi connectivity index (χ4n) is 15.8. The largest absolute Gasteiger partial charge is 0.493 e. The van der Waals surface area contributed by atoms with E-state index >= 15 is 0 Å². The van der Waals surface area contributed by atoms with E-state index in [0.29, 0.717) is 93.2 Å². The zero-order valence-corrected chi connectivity index (χ0v) is 65.7. The average molecular weight is 1450 g/mol. The Labute approximate surface area is 634 Å². The monoisotopic (exact) mass is 1450 g/mol. The van der Waals surface area contributed by atoms with Gasteiger partial charge in [0.2, 0.25) is 11.8 Å². The Balaban J connectivity index is 0.839. The van der Waals surface area contributed by atoms with Crippen molar-refractivity contribution < 1.29 is 47.7 Å². The van der Waals surface area contributed by atoms with E-state index in [1.54, 1.807) is 38.1 Å². The van der Waals surface area contributed by atoms with E-state index in [2.05, 4.69) is 38.3 Å². The number of hydrogen-bond acceptors (Lipinski definition) is 10. The van der Waals surface area contributed by atoms with Gasteiger partial charge in [0, 0.05) is 58.2 Å². The molecule has 0 spiro atoms. The number of benzene rings is 7. The predicted octanol–water partition coefficient (Wildman–Crippen LogP) is 23.5. The minimum Gasteiger partial charge on any atom is -0.493 e. The maximum absolute atomic E-state index is 14.8. The molecule has 2 atom stereocenters. The molecule has 0 fully saturated rings. The number of nitrogens with one attached hydrogen (secondary N) is 2. The molecule has 576 valence electrons. The van der Waals surface area contributed by atoms with E-state index in [0.717, 1.165) is 93.8 Å². The zero-order chi connectivity index (χ0) is 74.8. The number of nitrogens with zero attached hydrogens (tertiary/aromatic N) is 2. The highest BCUT2D eigenvalue weighted by Crippen LogP contribution is 2.47. The van der Waals surface area contributed by atoms with Crippen molar-refractivity contribution in [3.05, 3.63) is 118 Å². The first-order valence-electron chi connectivity index (χ1n) is 42.2. The number of fused-ring (bicyclic) bond motifs is 2. The Morgan fingerprint density at radius 1 is 0.292 bits per heavy atom. The van der Waals surface area contributed by atoms with Gasteiger partial charge in [-0.05, 0) is 132 Å². The van der Waals surface area contributed by atoms with Crippen LogP contribution in [0.5, 0.6) is 23.0 Å². The summed E-state index contributed by atoms with van der Waals surface area (Å²) < 4.78 is 25.4. The molecule has 9 rings (SSSR count). The first kappa shape index (κ1) is 82.3. The molecule has 7 aromatic rings. The maximum Gasteiger partial charge on any atom is 0.262 e. The van der Waals surface area contributed by atoms with E-state index < -0.39 is 47.5 Å². The smallest absolute Gasteiger partial charge is 0.262 e. The molecular weight excluding hydrogens is 1320 g/mol. The summed E-state index contributed by atoms with van der Waals surface area (Å²) in [6, 6.07) is 23.6. The van der Waals surface area contributed by atoms with Gasteiger partial charge in [-0.3, -0.25) is 38.6 Å². The quantitative estimate of drug-likeness (QED) is 0.0162. The van der Waals surface area contributed by atoms with Crippen LogP contribution in [-0.4, -0.2) is 83.8 Å². The predicted molar refractivity (Wildman–Crippen MR) is 434 cm³/mol. The molecule has 0 aromatic heterocycles. The number of ether oxygens (including phenoxy) is 4. The van der Waals surface area contributed by atoms with Crippen LogP contribution < -0.4 is 29.6 Å². The number of amides is 6. The third-order valence-corrected chi connectivity index (χ3v) is 22.1. The lowest BCUT2D eigenvalue weighted by Gasteiger charge is -2.33. The van der Waals surface area contributed by atoms with Crippen molar-refractivity contribution in [2.24, 2.45) is 0 Å². The summed E-state index contributed by atoms with van der Waals surface area (Å²) in [7, 11) is 0. The second-order valence-electron chi connectivity index (χ2n) is 30.6. The summed E-state index contributed by atoms with van der Waals surface area (Å²) in [6.07, 6.45) is 49.3. The molecule has 7 aromatic carbocycles. The molecular formula is C92H128N4O10. The zero-order valence-electron chi connectivity index (χ0n) is 65.7. The van der Waals surface area contributed by atoms with E-state index in [1.165, 1.54) is 205 Å². The fourth-order valence-corrected chi connectivity index (χ4v) is 15.8.